The zero-order valence-electron chi connectivity index (χ0n) is 14.9. The average Bonchev–Trinajstić information content (AvgIpc) is 2.64. The molecule has 0 heterocycles. The summed E-state index contributed by atoms with van der Waals surface area (Å²) in [6.07, 6.45) is 0.597. The van der Waals surface area contributed by atoms with Gasteiger partial charge in [-0.15, -0.1) is 0 Å². The summed E-state index contributed by atoms with van der Waals surface area (Å²) in [7, 11) is 0. The molecule has 2 aromatic rings. The fourth-order valence-electron chi connectivity index (χ4n) is 2.62. The molecule has 6 heteroatoms. The number of carbonyl (C=O) groups excluding carboxylic acids is 2. The van der Waals surface area contributed by atoms with Gasteiger partial charge in [0.1, 0.15) is 0 Å². The zero-order valence-corrected chi connectivity index (χ0v) is 16.4. The minimum absolute atomic E-state index is 0.0717. The number of benzene rings is 2. The van der Waals surface area contributed by atoms with Gasteiger partial charge in [-0.1, -0.05) is 35.3 Å². The molecule has 1 N–H and O–H groups in total. The lowest BCUT2D eigenvalue weighted by molar-refractivity contribution is 0.0773. The van der Waals surface area contributed by atoms with Crippen LogP contribution in [-0.2, 0) is 6.42 Å². The van der Waals surface area contributed by atoms with Crippen LogP contribution in [0, 0.1) is 0 Å². The van der Waals surface area contributed by atoms with E-state index in [1.54, 1.807) is 41.3 Å². The fraction of sp³-hybridized carbons (Fsp3) is 0.300. The highest BCUT2D eigenvalue weighted by Gasteiger charge is 2.14. The molecule has 0 bridgehead atoms. The first-order chi connectivity index (χ1) is 12.5. The largest absolute Gasteiger partial charge is 0.352 e. The third-order valence-corrected chi connectivity index (χ3v) is 4.70. The number of amides is 2. The van der Waals surface area contributed by atoms with Crippen LogP contribution >= 0.6 is 23.2 Å². The molecule has 0 aliphatic heterocycles. The highest BCUT2D eigenvalue weighted by Crippen LogP contribution is 2.21. The van der Waals surface area contributed by atoms with Crippen LogP contribution in [-0.4, -0.2) is 36.3 Å². The summed E-state index contributed by atoms with van der Waals surface area (Å²) in [4.78, 5) is 26.5. The van der Waals surface area contributed by atoms with Gasteiger partial charge in [-0.25, -0.2) is 0 Å². The summed E-state index contributed by atoms with van der Waals surface area (Å²) < 4.78 is 0. The Morgan fingerprint density at radius 3 is 2.35 bits per heavy atom. The van der Waals surface area contributed by atoms with Crippen molar-refractivity contribution in [2.75, 3.05) is 19.6 Å². The minimum atomic E-state index is -0.218. The SMILES string of the molecule is CCN(CC)C(=O)c1cccc(C(=O)NCCc2ccc(Cl)cc2Cl)c1. The Morgan fingerprint density at radius 2 is 1.69 bits per heavy atom. The first kappa shape index (κ1) is 20.3. The third-order valence-electron chi connectivity index (χ3n) is 4.12. The van der Waals surface area contributed by atoms with E-state index < -0.39 is 0 Å². The normalized spacial score (nSPS) is 10.5. The summed E-state index contributed by atoms with van der Waals surface area (Å²) in [5.74, 6) is -0.290. The van der Waals surface area contributed by atoms with Crippen molar-refractivity contribution >= 4 is 35.0 Å². The van der Waals surface area contributed by atoms with Crippen LogP contribution in [0.25, 0.3) is 0 Å². The Balaban J connectivity index is 1.99. The lowest BCUT2D eigenvalue weighted by Gasteiger charge is -2.18. The molecule has 26 heavy (non-hydrogen) atoms. The molecule has 0 spiro atoms. The number of halogens is 2. The van der Waals surface area contributed by atoms with E-state index in [0.717, 1.165) is 5.56 Å². The van der Waals surface area contributed by atoms with Gasteiger partial charge in [0, 0.05) is 40.8 Å². The van der Waals surface area contributed by atoms with Gasteiger partial charge in [0.2, 0.25) is 0 Å². The Kier molecular flexibility index (Phi) is 7.49. The fourth-order valence-corrected chi connectivity index (χ4v) is 3.13. The van der Waals surface area contributed by atoms with Crippen LogP contribution in [0.5, 0.6) is 0 Å². The summed E-state index contributed by atoms with van der Waals surface area (Å²) in [5, 5.41) is 4.02. The molecule has 0 fully saturated rings. The topological polar surface area (TPSA) is 49.4 Å². The van der Waals surface area contributed by atoms with Crippen molar-refractivity contribution < 1.29 is 9.59 Å². The van der Waals surface area contributed by atoms with Crippen molar-refractivity contribution in [1.82, 2.24) is 10.2 Å². The van der Waals surface area contributed by atoms with E-state index in [2.05, 4.69) is 5.32 Å². The molecule has 0 saturated heterocycles. The van der Waals surface area contributed by atoms with Crippen LogP contribution < -0.4 is 5.32 Å². The van der Waals surface area contributed by atoms with Gasteiger partial charge >= 0.3 is 0 Å². The maximum Gasteiger partial charge on any atom is 0.253 e. The number of carbonyl (C=O) groups is 2. The van der Waals surface area contributed by atoms with E-state index >= 15 is 0 Å². The molecule has 4 nitrogen and oxygen atoms in total. The van der Waals surface area contributed by atoms with Crippen molar-refractivity contribution in [3.05, 3.63) is 69.2 Å². The van der Waals surface area contributed by atoms with Crippen LogP contribution in [0.4, 0.5) is 0 Å². The summed E-state index contributed by atoms with van der Waals surface area (Å²) in [6.45, 7) is 5.56. The van der Waals surface area contributed by atoms with E-state index in [4.69, 9.17) is 23.2 Å². The molecule has 0 unspecified atom stereocenters. The van der Waals surface area contributed by atoms with E-state index in [1.807, 2.05) is 19.9 Å². The predicted molar refractivity (Wildman–Crippen MR) is 106 cm³/mol. The average molecular weight is 393 g/mol. The minimum Gasteiger partial charge on any atom is -0.352 e. The summed E-state index contributed by atoms with van der Waals surface area (Å²) in [6, 6.07) is 12.1. The van der Waals surface area contributed by atoms with Crippen LogP contribution in [0.1, 0.15) is 40.1 Å². The van der Waals surface area contributed by atoms with Crippen molar-refractivity contribution in [1.29, 1.82) is 0 Å². The van der Waals surface area contributed by atoms with Gasteiger partial charge in [-0.3, -0.25) is 9.59 Å². The number of nitrogens with zero attached hydrogens (tertiary/aromatic N) is 1. The van der Waals surface area contributed by atoms with Gasteiger partial charge in [-0.05, 0) is 56.2 Å². The maximum atomic E-state index is 12.4. The van der Waals surface area contributed by atoms with E-state index in [9.17, 15) is 9.59 Å². The molecular formula is C20H22Cl2N2O2. The van der Waals surface area contributed by atoms with E-state index in [0.29, 0.717) is 47.2 Å². The first-order valence-corrected chi connectivity index (χ1v) is 9.33. The van der Waals surface area contributed by atoms with Crippen molar-refractivity contribution in [3.63, 3.8) is 0 Å². The smallest absolute Gasteiger partial charge is 0.253 e. The van der Waals surface area contributed by atoms with E-state index in [-0.39, 0.29) is 11.8 Å². The standard InChI is InChI=1S/C20H22Cl2N2O2/c1-3-24(4-2)20(26)16-7-5-6-15(12-16)19(25)23-11-10-14-8-9-17(21)13-18(14)22/h5-9,12-13H,3-4,10-11H2,1-2H3,(H,23,25). The molecule has 0 atom stereocenters. The van der Waals surface area contributed by atoms with Crippen LogP contribution in [0.2, 0.25) is 10.0 Å². The van der Waals surface area contributed by atoms with Gasteiger partial charge < -0.3 is 10.2 Å². The molecule has 2 rings (SSSR count). The molecule has 0 aromatic heterocycles. The van der Waals surface area contributed by atoms with Gasteiger partial charge in [0.25, 0.3) is 11.8 Å². The van der Waals surface area contributed by atoms with Crippen molar-refractivity contribution in [3.8, 4) is 0 Å². The zero-order chi connectivity index (χ0) is 19.1. The second-order valence-corrected chi connectivity index (χ2v) is 6.64. The molecule has 0 aliphatic rings. The summed E-state index contributed by atoms with van der Waals surface area (Å²) in [5.41, 5.74) is 1.90. The Hall–Kier alpha value is -2.04. The Morgan fingerprint density at radius 1 is 1.00 bits per heavy atom. The van der Waals surface area contributed by atoms with Gasteiger partial charge in [-0.2, -0.15) is 0 Å². The lowest BCUT2D eigenvalue weighted by atomic mass is 10.1. The molecule has 0 saturated carbocycles. The number of nitrogens with one attached hydrogen (secondary N) is 1. The quantitative estimate of drug-likeness (QED) is 0.756. The second-order valence-electron chi connectivity index (χ2n) is 5.80. The van der Waals surface area contributed by atoms with Crippen molar-refractivity contribution in [2.24, 2.45) is 0 Å². The Labute approximate surface area is 164 Å². The first-order valence-electron chi connectivity index (χ1n) is 8.57. The monoisotopic (exact) mass is 392 g/mol. The van der Waals surface area contributed by atoms with E-state index in [1.165, 1.54) is 0 Å². The molecule has 2 amide bonds. The molecule has 138 valence electrons. The Bertz CT molecular complexity index is 789. The molecule has 0 radical (unpaired) electrons. The highest BCUT2D eigenvalue weighted by atomic mass is 35.5. The van der Waals surface area contributed by atoms with Gasteiger partial charge in [0.05, 0.1) is 0 Å². The highest BCUT2D eigenvalue weighted by molar-refractivity contribution is 6.35. The second kappa shape index (κ2) is 9.60. The maximum absolute atomic E-state index is 12.4. The number of hydrogen-bond acceptors (Lipinski definition) is 2. The van der Waals surface area contributed by atoms with Crippen LogP contribution in [0.15, 0.2) is 42.5 Å². The lowest BCUT2D eigenvalue weighted by Crippen LogP contribution is -2.31. The molecule has 2 aromatic carbocycles. The van der Waals surface area contributed by atoms with Gasteiger partial charge in [0.15, 0.2) is 0 Å². The molecule has 0 aliphatic carbocycles. The number of hydrogen-bond donors (Lipinski definition) is 1. The molecular weight excluding hydrogens is 371 g/mol. The van der Waals surface area contributed by atoms with Crippen LogP contribution in [0.3, 0.4) is 0 Å². The third kappa shape index (κ3) is 5.23. The number of rotatable bonds is 7. The predicted octanol–water partition coefficient (Wildman–Crippen LogP) is 4.45. The summed E-state index contributed by atoms with van der Waals surface area (Å²) >= 11 is 12.0. The van der Waals surface area contributed by atoms with Crippen molar-refractivity contribution in [2.45, 2.75) is 20.3 Å².